The molecule has 0 saturated carbocycles. The van der Waals surface area contributed by atoms with Gasteiger partial charge in [0, 0.05) is 18.8 Å². The lowest BCUT2D eigenvalue weighted by Crippen LogP contribution is -2.03. The maximum atomic E-state index is 5.40. The van der Waals surface area contributed by atoms with Crippen LogP contribution in [0, 0.1) is 0 Å². The van der Waals surface area contributed by atoms with Crippen molar-refractivity contribution >= 4 is 0 Å². The second-order valence-corrected chi connectivity index (χ2v) is 2.77. The SMILES string of the molecule is NCCc1nc(-c2cncnc2)n[nH]1. The monoisotopic (exact) mass is 190 g/mol. The van der Waals surface area contributed by atoms with Gasteiger partial charge < -0.3 is 5.73 Å². The number of aromatic nitrogens is 5. The quantitative estimate of drug-likeness (QED) is 0.696. The highest BCUT2D eigenvalue weighted by atomic mass is 15.2. The molecule has 0 spiro atoms. The molecule has 72 valence electrons. The zero-order valence-electron chi connectivity index (χ0n) is 7.51. The second-order valence-electron chi connectivity index (χ2n) is 2.77. The molecule has 0 aliphatic carbocycles. The Morgan fingerprint density at radius 2 is 2.07 bits per heavy atom. The molecule has 14 heavy (non-hydrogen) atoms. The first-order valence-corrected chi connectivity index (χ1v) is 4.27. The van der Waals surface area contributed by atoms with Gasteiger partial charge in [0.15, 0.2) is 5.82 Å². The molecular weight excluding hydrogens is 180 g/mol. The number of aromatic amines is 1. The molecule has 0 amide bonds. The summed E-state index contributed by atoms with van der Waals surface area (Å²) < 4.78 is 0. The lowest BCUT2D eigenvalue weighted by atomic mass is 10.3. The van der Waals surface area contributed by atoms with Crippen molar-refractivity contribution in [3.05, 3.63) is 24.5 Å². The van der Waals surface area contributed by atoms with Crippen molar-refractivity contribution in [3.63, 3.8) is 0 Å². The highest BCUT2D eigenvalue weighted by Crippen LogP contribution is 2.10. The van der Waals surface area contributed by atoms with E-state index in [0.717, 1.165) is 11.4 Å². The molecule has 2 heterocycles. The maximum Gasteiger partial charge on any atom is 0.184 e. The number of rotatable bonds is 3. The van der Waals surface area contributed by atoms with Gasteiger partial charge in [-0.15, -0.1) is 0 Å². The molecule has 0 saturated heterocycles. The number of hydrogen-bond donors (Lipinski definition) is 2. The number of nitrogens with zero attached hydrogens (tertiary/aromatic N) is 4. The van der Waals surface area contributed by atoms with Gasteiger partial charge in [-0.05, 0) is 6.54 Å². The van der Waals surface area contributed by atoms with Crippen LogP contribution < -0.4 is 5.73 Å². The van der Waals surface area contributed by atoms with E-state index in [1.54, 1.807) is 12.4 Å². The Balaban J connectivity index is 2.25. The van der Waals surface area contributed by atoms with E-state index in [4.69, 9.17) is 5.73 Å². The van der Waals surface area contributed by atoms with Crippen molar-refractivity contribution in [1.82, 2.24) is 25.1 Å². The van der Waals surface area contributed by atoms with Gasteiger partial charge >= 0.3 is 0 Å². The van der Waals surface area contributed by atoms with Crippen molar-refractivity contribution in [2.75, 3.05) is 6.54 Å². The predicted octanol–water partition coefficient (Wildman–Crippen LogP) is -0.237. The van der Waals surface area contributed by atoms with Crippen LogP contribution in [0.25, 0.3) is 11.4 Å². The lowest BCUT2D eigenvalue weighted by Gasteiger charge is -1.90. The Kier molecular flexibility index (Phi) is 2.46. The molecule has 2 aromatic heterocycles. The summed E-state index contributed by atoms with van der Waals surface area (Å²) in [5, 5.41) is 6.84. The molecule has 0 fully saturated rings. The average molecular weight is 190 g/mol. The van der Waals surface area contributed by atoms with E-state index in [1.807, 2.05) is 0 Å². The van der Waals surface area contributed by atoms with E-state index in [0.29, 0.717) is 18.8 Å². The number of hydrogen-bond acceptors (Lipinski definition) is 5. The zero-order chi connectivity index (χ0) is 9.80. The molecule has 0 bridgehead atoms. The minimum atomic E-state index is 0.555. The molecule has 0 radical (unpaired) electrons. The first kappa shape index (κ1) is 8.76. The Bertz CT molecular complexity index is 395. The van der Waals surface area contributed by atoms with Crippen molar-refractivity contribution in [2.45, 2.75) is 6.42 Å². The van der Waals surface area contributed by atoms with Gasteiger partial charge in [0.2, 0.25) is 0 Å². The fourth-order valence-corrected chi connectivity index (χ4v) is 1.09. The molecule has 0 atom stereocenters. The summed E-state index contributed by atoms with van der Waals surface area (Å²) in [6.07, 6.45) is 5.50. The summed E-state index contributed by atoms with van der Waals surface area (Å²) >= 11 is 0. The van der Waals surface area contributed by atoms with E-state index in [1.165, 1.54) is 6.33 Å². The van der Waals surface area contributed by atoms with Crippen LogP contribution >= 0.6 is 0 Å². The summed E-state index contributed by atoms with van der Waals surface area (Å²) in [7, 11) is 0. The average Bonchev–Trinajstić information content (AvgIpc) is 2.68. The van der Waals surface area contributed by atoms with Crippen LogP contribution in [-0.2, 0) is 6.42 Å². The normalized spacial score (nSPS) is 10.4. The van der Waals surface area contributed by atoms with E-state index in [9.17, 15) is 0 Å². The first-order valence-electron chi connectivity index (χ1n) is 4.27. The van der Waals surface area contributed by atoms with Gasteiger partial charge in [-0.25, -0.2) is 15.0 Å². The van der Waals surface area contributed by atoms with E-state index in [-0.39, 0.29) is 0 Å². The van der Waals surface area contributed by atoms with E-state index < -0.39 is 0 Å². The summed E-state index contributed by atoms with van der Waals surface area (Å²) in [5.41, 5.74) is 6.19. The van der Waals surface area contributed by atoms with Crippen LogP contribution in [-0.4, -0.2) is 31.7 Å². The van der Waals surface area contributed by atoms with Crippen LogP contribution in [0.2, 0.25) is 0 Å². The highest BCUT2D eigenvalue weighted by molar-refractivity contribution is 5.50. The van der Waals surface area contributed by atoms with Crippen LogP contribution in [0.4, 0.5) is 0 Å². The summed E-state index contributed by atoms with van der Waals surface area (Å²) in [4.78, 5) is 12.0. The summed E-state index contributed by atoms with van der Waals surface area (Å²) in [6, 6.07) is 0. The van der Waals surface area contributed by atoms with Gasteiger partial charge in [-0.2, -0.15) is 5.10 Å². The van der Waals surface area contributed by atoms with Crippen LogP contribution in [0.15, 0.2) is 18.7 Å². The first-order chi connectivity index (χ1) is 6.90. The largest absolute Gasteiger partial charge is 0.330 e. The standard InChI is InChI=1S/C8H10N6/c9-2-1-7-12-8(14-13-7)6-3-10-5-11-4-6/h3-5H,1-2,9H2,(H,12,13,14). The second kappa shape index (κ2) is 3.93. The van der Waals surface area contributed by atoms with E-state index >= 15 is 0 Å². The Labute approximate surface area is 80.6 Å². The third kappa shape index (κ3) is 1.74. The minimum Gasteiger partial charge on any atom is -0.330 e. The van der Waals surface area contributed by atoms with Gasteiger partial charge in [-0.3, -0.25) is 5.10 Å². The molecule has 0 aliphatic rings. The smallest absolute Gasteiger partial charge is 0.184 e. The summed E-state index contributed by atoms with van der Waals surface area (Å²) in [6.45, 7) is 0.555. The highest BCUT2D eigenvalue weighted by Gasteiger charge is 2.04. The molecule has 3 N–H and O–H groups in total. The van der Waals surface area contributed by atoms with Gasteiger partial charge in [0.25, 0.3) is 0 Å². The molecule has 2 rings (SSSR count). The van der Waals surface area contributed by atoms with Crippen molar-refractivity contribution < 1.29 is 0 Å². The maximum absolute atomic E-state index is 5.40. The Hall–Kier alpha value is -1.82. The topological polar surface area (TPSA) is 93.4 Å². The molecule has 0 aromatic carbocycles. The third-order valence-electron chi connectivity index (χ3n) is 1.73. The molecule has 0 aliphatic heterocycles. The third-order valence-corrected chi connectivity index (χ3v) is 1.73. The lowest BCUT2D eigenvalue weighted by molar-refractivity contribution is 0.874. The molecule has 0 unspecified atom stereocenters. The molecule has 6 heteroatoms. The number of nitrogens with one attached hydrogen (secondary N) is 1. The Morgan fingerprint density at radius 3 is 2.79 bits per heavy atom. The van der Waals surface area contributed by atoms with Crippen molar-refractivity contribution in [1.29, 1.82) is 0 Å². The van der Waals surface area contributed by atoms with Gasteiger partial charge in [0.05, 0.1) is 5.56 Å². The molecule has 6 nitrogen and oxygen atoms in total. The molecular formula is C8H10N6. The fraction of sp³-hybridized carbons (Fsp3) is 0.250. The van der Waals surface area contributed by atoms with Crippen molar-refractivity contribution in [2.24, 2.45) is 5.73 Å². The number of H-pyrrole nitrogens is 1. The van der Waals surface area contributed by atoms with Gasteiger partial charge in [-0.1, -0.05) is 0 Å². The predicted molar refractivity (Wildman–Crippen MR) is 50.2 cm³/mol. The fourth-order valence-electron chi connectivity index (χ4n) is 1.09. The van der Waals surface area contributed by atoms with Crippen LogP contribution in [0.5, 0.6) is 0 Å². The van der Waals surface area contributed by atoms with Gasteiger partial charge in [0.1, 0.15) is 12.2 Å². The van der Waals surface area contributed by atoms with Crippen molar-refractivity contribution in [3.8, 4) is 11.4 Å². The van der Waals surface area contributed by atoms with E-state index in [2.05, 4.69) is 25.1 Å². The number of nitrogens with two attached hydrogens (primary N) is 1. The summed E-state index contributed by atoms with van der Waals surface area (Å²) in [5.74, 6) is 1.39. The zero-order valence-corrected chi connectivity index (χ0v) is 7.51. The Morgan fingerprint density at radius 1 is 1.29 bits per heavy atom. The minimum absolute atomic E-state index is 0.555. The van der Waals surface area contributed by atoms with Crippen LogP contribution in [0.3, 0.4) is 0 Å². The van der Waals surface area contributed by atoms with Crippen LogP contribution in [0.1, 0.15) is 5.82 Å². The molecule has 2 aromatic rings.